The van der Waals surface area contributed by atoms with E-state index < -0.39 is 10.1 Å². The maximum Gasteiger partial charge on any atom is 0.264 e. The van der Waals surface area contributed by atoms with Gasteiger partial charge in [0.2, 0.25) is 0 Å². The molecule has 0 radical (unpaired) electrons. The summed E-state index contributed by atoms with van der Waals surface area (Å²) >= 11 is 0. The van der Waals surface area contributed by atoms with Gasteiger partial charge in [-0.25, -0.2) is 4.39 Å². The Morgan fingerprint density at radius 3 is 2.25 bits per heavy atom. The number of benzene rings is 2. The summed E-state index contributed by atoms with van der Waals surface area (Å²) in [5.74, 6) is -0.547. The standard InChI is InChI=1S/C21H24FNO4S/c1-4-14-12-18-19(13-15(14)5-2)21(24)23(17-8-6-16(22)7-9-17)20(18)10-11-27-28(3,25)26/h6-9,12-13,20H,4-5,10-11H2,1-3H3. The van der Waals surface area contributed by atoms with Gasteiger partial charge in [0, 0.05) is 11.3 Å². The summed E-state index contributed by atoms with van der Waals surface area (Å²) in [6.07, 6.45) is 2.98. The molecule has 0 saturated heterocycles. The van der Waals surface area contributed by atoms with Crippen LogP contribution < -0.4 is 4.90 Å². The number of rotatable bonds is 7. The number of aryl methyl sites for hydroxylation is 2. The molecule has 1 amide bonds. The molecule has 1 atom stereocenters. The van der Waals surface area contributed by atoms with Crippen molar-refractivity contribution in [1.29, 1.82) is 0 Å². The highest BCUT2D eigenvalue weighted by atomic mass is 32.2. The zero-order chi connectivity index (χ0) is 20.5. The van der Waals surface area contributed by atoms with Crippen LogP contribution in [0.3, 0.4) is 0 Å². The molecule has 1 unspecified atom stereocenters. The van der Waals surface area contributed by atoms with Crippen molar-refractivity contribution in [3.63, 3.8) is 0 Å². The Labute approximate surface area is 165 Å². The van der Waals surface area contributed by atoms with Gasteiger partial charge >= 0.3 is 0 Å². The van der Waals surface area contributed by atoms with Crippen molar-refractivity contribution in [3.05, 3.63) is 64.5 Å². The van der Waals surface area contributed by atoms with E-state index in [4.69, 9.17) is 4.18 Å². The minimum atomic E-state index is -3.57. The van der Waals surface area contributed by atoms with Gasteiger partial charge in [-0.2, -0.15) is 8.42 Å². The first-order chi connectivity index (χ1) is 13.2. The smallest absolute Gasteiger partial charge is 0.264 e. The van der Waals surface area contributed by atoms with Crippen molar-refractivity contribution in [1.82, 2.24) is 0 Å². The number of fused-ring (bicyclic) bond motifs is 1. The zero-order valence-corrected chi connectivity index (χ0v) is 17.1. The number of anilines is 1. The number of carbonyl (C=O) groups is 1. The van der Waals surface area contributed by atoms with E-state index in [9.17, 15) is 17.6 Å². The Balaban J connectivity index is 2.04. The van der Waals surface area contributed by atoms with Crippen molar-refractivity contribution < 1.29 is 21.8 Å². The summed E-state index contributed by atoms with van der Waals surface area (Å²) in [5, 5.41) is 0. The number of carbonyl (C=O) groups excluding carboxylic acids is 1. The molecule has 0 aromatic heterocycles. The summed E-state index contributed by atoms with van der Waals surface area (Å²) < 4.78 is 41.0. The van der Waals surface area contributed by atoms with Gasteiger partial charge in [-0.15, -0.1) is 0 Å². The van der Waals surface area contributed by atoms with Crippen molar-refractivity contribution in [2.75, 3.05) is 17.8 Å². The molecule has 28 heavy (non-hydrogen) atoms. The van der Waals surface area contributed by atoms with Crippen LogP contribution in [0.5, 0.6) is 0 Å². The minimum Gasteiger partial charge on any atom is -0.301 e. The second-order valence-corrected chi connectivity index (χ2v) is 8.54. The van der Waals surface area contributed by atoms with Crippen molar-refractivity contribution >= 4 is 21.7 Å². The first kappa shape index (κ1) is 20.5. The third-order valence-electron chi connectivity index (χ3n) is 5.05. The number of hydrogen-bond donors (Lipinski definition) is 0. The first-order valence-corrected chi connectivity index (χ1v) is 11.2. The SMILES string of the molecule is CCc1cc2c(cc1CC)C(CCOS(C)(=O)=O)N(c1ccc(F)cc1)C2=O. The summed E-state index contributed by atoms with van der Waals surface area (Å²) in [6, 6.07) is 9.35. The molecule has 0 fully saturated rings. The van der Waals surface area contributed by atoms with E-state index in [-0.39, 0.29) is 24.4 Å². The van der Waals surface area contributed by atoms with Gasteiger partial charge in [0.15, 0.2) is 0 Å². The number of hydrogen-bond acceptors (Lipinski definition) is 4. The quantitative estimate of drug-likeness (QED) is 0.653. The van der Waals surface area contributed by atoms with Crippen LogP contribution in [0.25, 0.3) is 0 Å². The van der Waals surface area contributed by atoms with Crippen LogP contribution in [0.2, 0.25) is 0 Å². The molecule has 150 valence electrons. The number of halogens is 1. The summed E-state index contributed by atoms with van der Waals surface area (Å²) in [5.41, 5.74) is 4.34. The van der Waals surface area contributed by atoms with E-state index in [2.05, 4.69) is 13.8 Å². The Kier molecular flexibility index (Phi) is 5.86. The minimum absolute atomic E-state index is 0.0368. The van der Waals surface area contributed by atoms with Gasteiger partial charge in [-0.3, -0.25) is 8.98 Å². The molecule has 1 aliphatic heterocycles. The van der Waals surface area contributed by atoms with Crippen molar-refractivity contribution in [3.8, 4) is 0 Å². The van der Waals surface area contributed by atoms with Gasteiger partial charge in [0.1, 0.15) is 5.82 Å². The molecule has 2 aromatic carbocycles. The maximum absolute atomic E-state index is 13.4. The monoisotopic (exact) mass is 405 g/mol. The van der Waals surface area contributed by atoms with Gasteiger partial charge in [0.05, 0.1) is 18.9 Å². The Bertz CT molecular complexity index is 986. The van der Waals surface area contributed by atoms with Gasteiger partial charge in [0.25, 0.3) is 16.0 Å². The summed E-state index contributed by atoms with van der Waals surface area (Å²) in [6.45, 7) is 4.08. The van der Waals surface area contributed by atoms with Crippen LogP contribution in [-0.2, 0) is 27.1 Å². The van der Waals surface area contributed by atoms with Crippen LogP contribution >= 0.6 is 0 Å². The normalized spacial score (nSPS) is 16.5. The molecule has 1 aliphatic rings. The lowest BCUT2D eigenvalue weighted by atomic mass is 9.93. The van der Waals surface area contributed by atoms with Crippen LogP contribution in [0.4, 0.5) is 10.1 Å². The van der Waals surface area contributed by atoms with Crippen LogP contribution in [0, 0.1) is 5.82 Å². The molecule has 3 rings (SSSR count). The van der Waals surface area contributed by atoms with Crippen LogP contribution in [0.1, 0.15) is 53.4 Å². The van der Waals surface area contributed by atoms with E-state index in [1.807, 2.05) is 12.1 Å². The van der Waals surface area contributed by atoms with Crippen molar-refractivity contribution in [2.24, 2.45) is 0 Å². The van der Waals surface area contributed by atoms with E-state index in [0.29, 0.717) is 17.7 Å². The number of nitrogens with zero attached hydrogens (tertiary/aromatic N) is 1. The average molecular weight is 405 g/mol. The van der Waals surface area contributed by atoms with Crippen molar-refractivity contribution in [2.45, 2.75) is 39.2 Å². The third-order valence-corrected chi connectivity index (χ3v) is 5.64. The highest BCUT2D eigenvalue weighted by Crippen LogP contribution is 2.41. The summed E-state index contributed by atoms with van der Waals surface area (Å²) in [4.78, 5) is 14.8. The topological polar surface area (TPSA) is 63.7 Å². The predicted molar refractivity (Wildman–Crippen MR) is 107 cm³/mol. The van der Waals surface area contributed by atoms with E-state index in [1.165, 1.54) is 17.7 Å². The highest BCUT2D eigenvalue weighted by Gasteiger charge is 2.38. The lowest BCUT2D eigenvalue weighted by Crippen LogP contribution is -2.28. The molecule has 5 nitrogen and oxygen atoms in total. The molecular formula is C21H24FNO4S. The van der Waals surface area contributed by atoms with E-state index >= 15 is 0 Å². The zero-order valence-electron chi connectivity index (χ0n) is 16.2. The predicted octanol–water partition coefficient (Wildman–Crippen LogP) is 4.02. The lowest BCUT2D eigenvalue weighted by molar-refractivity contribution is 0.0989. The Morgan fingerprint density at radius 2 is 1.68 bits per heavy atom. The fourth-order valence-electron chi connectivity index (χ4n) is 3.73. The number of amides is 1. The van der Waals surface area contributed by atoms with E-state index in [1.54, 1.807) is 17.0 Å². The van der Waals surface area contributed by atoms with Gasteiger partial charge in [-0.1, -0.05) is 19.9 Å². The molecule has 0 bridgehead atoms. The maximum atomic E-state index is 13.4. The fourth-order valence-corrected chi connectivity index (χ4v) is 4.13. The molecule has 1 heterocycles. The molecule has 0 saturated carbocycles. The van der Waals surface area contributed by atoms with Crippen LogP contribution in [0.15, 0.2) is 36.4 Å². The molecule has 0 N–H and O–H groups in total. The lowest BCUT2D eigenvalue weighted by Gasteiger charge is -2.25. The highest BCUT2D eigenvalue weighted by molar-refractivity contribution is 7.85. The van der Waals surface area contributed by atoms with Crippen LogP contribution in [-0.4, -0.2) is 27.2 Å². The largest absolute Gasteiger partial charge is 0.301 e. The Morgan fingerprint density at radius 1 is 1.07 bits per heavy atom. The molecule has 7 heteroatoms. The second-order valence-electron chi connectivity index (χ2n) is 6.90. The average Bonchev–Trinajstić information content (AvgIpc) is 2.91. The molecular weight excluding hydrogens is 381 g/mol. The molecule has 0 aliphatic carbocycles. The summed E-state index contributed by atoms with van der Waals surface area (Å²) in [7, 11) is -3.57. The van der Waals surface area contributed by atoms with Gasteiger partial charge in [-0.05, 0) is 66.3 Å². The molecule has 0 spiro atoms. The first-order valence-electron chi connectivity index (χ1n) is 9.34. The second kappa shape index (κ2) is 8.01. The molecule has 2 aromatic rings. The van der Waals surface area contributed by atoms with E-state index in [0.717, 1.165) is 30.2 Å². The third kappa shape index (κ3) is 4.10. The van der Waals surface area contributed by atoms with Gasteiger partial charge < -0.3 is 4.90 Å². The Hall–Kier alpha value is -2.25. The fraction of sp³-hybridized carbons (Fsp3) is 0.381.